The van der Waals surface area contributed by atoms with Crippen molar-refractivity contribution < 1.29 is 9.47 Å². The zero-order chi connectivity index (χ0) is 22.0. The van der Waals surface area contributed by atoms with Crippen LogP contribution in [0, 0.1) is 0 Å². The van der Waals surface area contributed by atoms with Gasteiger partial charge < -0.3 is 9.47 Å². The van der Waals surface area contributed by atoms with E-state index in [1.165, 1.54) is 5.69 Å². The minimum Gasteiger partial charge on any atom is -0.488 e. The molecule has 2 aliphatic heterocycles. The van der Waals surface area contributed by atoms with E-state index < -0.39 is 0 Å². The third-order valence-corrected chi connectivity index (χ3v) is 6.56. The Balaban J connectivity index is 1.42. The Bertz CT molecular complexity index is 1310. The number of aromatic nitrogens is 3. The molecule has 2 aromatic heterocycles. The highest BCUT2D eigenvalue weighted by atomic mass is 16.5. The number of fused-ring (bicyclic) bond motifs is 2. The minimum atomic E-state index is 0.380. The number of ether oxygens (including phenoxy) is 2. The number of hydrogen-bond acceptors (Lipinski definition) is 5. The van der Waals surface area contributed by atoms with Gasteiger partial charge in [0, 0.05) is 72.4 Å². The molecule has 0 saturated carbocycles. The second-order valence-electron chi connectivity index (χ2n) is 8.59. The fourth-order valence-corrected chi connectivity index (χ4v) is 4.85. The first-order chi connectivity index (χ1) is 16.4. The van der Waals surface area contributed by atoms with Crippen molar-refractivity contribution in [2.45, 2.75) is 31.9 Å². The number of benzene rings is 2. The number of pyridine rings is 1. The third-order valence-electron chi connectivity index (χ3n) is 6.56. The first kappa shape index (κ1) is 20.1. The van der Waals surface area contributed by atoms with Gasteiger partial charge in [-0.15, -0.1) is 0 Å². The second-order valence-corrected chi connectivity index (χ2v) is 8.59. The van der Waals surface area contributed by atoms with Crippen molar-refractivity contribution in [2.24, 2.45) is 4.99 Å². The minimum absolute atomic E-state index is 0.380. The van der Waals surface area contributed by atoms with Crippen LogP contribution in [0.4, 0.5) is 0 Å². The first-order valence-corrected chi connectivity index (χ1v) is 11.6. The molecule has 0 unspecified atom stereocenters. The number of hydrogen-bond donors (Lipinski definition) is 0. The van der Waals surface area contributed by atoms with Crippen LogP contribution in [0.15, 0.2) is 65.9 Å². The highest BCUT2D eigenvalue weighted by Gasteiger charge is 2.26. The summed E-state index contributed by atoms with van der Waals surface area (Å²) in [6, 6.07) is 16.8. The summed E-state index contributed by atoms with van der Waals surface area (Å²) in [5, 5.41) is 7.25. The lowest BCUT2D eigenvalue weighted by molar-refractivity contribution is 0.0655. The zero-order valence-corrected chi connectivity index (χ0v) is 18.5. The largest absolute Gasteiger partial charge is 0.488 e. The zero-order valence-electron chi connectivity index (χ0n) is 18.5. The fourth-order valence-electron chi connectivity index (χ4n) is 4.85. The monoisotopic (exact) mass is 438 g/mol. The quantitative estimate of drug-likeness (QED) is 0.440. The van der Waals surface area contributed by atoms with Gasteiger partial charge in [-0.05, 0) is 36.6 Å². The lowest BCUT2D eigenvalue weighted by Gasteiger charge is -2.24. The molecule has 0 atom stereocenters. The molecule has 6 rings (SSSR count). The molecule has 6 heteroatoms. The molecule has 4 aromatic rings. The molecule has 6 nitrogen and oxygen atoms in total. The summed E-state index contributed by atoms with van der Waals surface area (Å²) in [7, 11) is 0. The average Bonchev–Trinajstić information content (AvgIpc) is 3.28. The summed E-state index contributed by atoms with van der Waals surface area (Å²) in [6.07, 6.45) is 8.65. The summed E-state index contributed by atoms with van der Waals surface area (Å²) in [5.41, 5.74) is 5.61. The molecule has 0 bridgehead atoms. The maximum Gasteiger partial charge on any atom is 0.127 e. The van der Waals surface area contributed by atoms with E-state index in [-0.39, 0.29) is 0 Å². The van der Waals surface area contributed by atoms with Crippen molar-refractivity contribution in [1.82, 2.24) is 14.8 Å². The topological polar surface area (TPSA) is 61.5 Å². The lowest BCUT2D eigenvalue weighted by Crippen LogP contribution is -2.23. The standard InChI is InChI=1S/C27H26N4O2/c1-2-4-19(5-3-1)18-33-26-7-6-22(23-16-28-12-8-21(23)26)27-24-17-29-13-9-25(24)31(30-27)20-10-14-32-15-11-20/h1-8,12,16-17,20H,9-11,13-15,18H2. The molecular formula is C27H26N4O2. The van der Waals surface area contributed by atoms with E-state index in [1.807, 2.05) is 42.9 Å². The molecule has 0 amide bonds. The molecule has 2 aromatic carbocycles. The van der Waals surface area contributed by atoms with Crippen LogP contribution in [-0.4, -0.2) is 40.7 Å². The summed E-state index contributed by atoms with van der Waals surface area (Å²) in [4.78, 5) is 9.01. The van der Waals surface area contributed by atoms with Crippen LogP contribution in [0.2, 0.25) is 0 Å². The molecule has 1 fully saturated rings. The van der Waals surface area contributed by atoms with Crippen LogP contribution in [0.25, 0.3) is 22.0 Å². The molecule has 33 heavy (non-hydrogen) atoms. The predicted molar refractivity (Wildman–Crippen MR) is 129 cm³/mol. The van der Waals surface area contributed by atoms with E-state index in [0.717, 1.165) is 77.9 Å². The molecular weight excluding hydrogens is 412 g/mol. The smallest absolute Gasteiger partial charge is 0.127 e. The lowest BCUT2D eigenvalue weighted by atomic mass is 9.98. The molecule has 2 aliphatic rings. The molecule has 166 valence electrons. The third kappa shape index (κ3) is 3.80. The van der Waals surface area contributed by atoms with Crippen molar-refractivity contribution in [1.29, 1.82) is 0 Å². The average molecular weight is 439 g/mol. The van der Waals surface area contributed by atoms with E-state index in [1.54, 1.807) is 0 Å². The summed E-state index contributed by atoms with van der Waals surface area (Å²) < 4.78 is 14.1. The Hall–Kier alpha value is -3.51. The van der Waals surface area contributed by atoms with Gasteiger partial charge in [-0.3, -0.25) is 14.7 Å². The van der Waals surface area contributed by atoms with Crippen LogP contribution in [0.5, 0.6) is 5.75 Å². The van der Waals surface area contributed by atoms with Crippen molar-refractivity contribution in [3.8, 4) is 17.0 Å². The number of aliphatic imine (C=N–C) groups is 1. The maximum atomic E-state index is 6.22. The molecule has 1 saturated heterocycles. The second kappa shape index (κ2) is 8.79. The van der Waals surface area contributed by atoms with Crippen LogP contribution < -0.4 is 4.74 Å². The van der Waals surface area contributed by atoms with Gasteiger partial charge in [-0.25, -0.2) is 0 Å². The van der Waals surface area contributed by atoms with Crippen LogP contribution >= 0.6 is 0 Å². The van der Waals surface area contributed by atoms with Gasteiger partial charge in [0.1, 0.15) is 18.1 Å². The summed E-state index contributed by atoms with van der Waals surface area (Å²) >= 11 is 0. The van der Waals surface area contributed by atoms with E-state index in [0.29, 0.717) is 12.6 Å². The van der Waals surface area contributed by atoms with Gasteiger partial charge in [0.2, 0.25) is 0 Å². The van der Waals surface area contributed by atoms with Crippen LogP contribution in [-0.2, 0) is 17.8 Å². The Labute approximate surface area is 192 Å². The van der Waals surface area contributed by atoms with Gasteiger partial charge in [0.25, 0.3) is 0 Å². The van der Waals surface area contributed by atoms with Gasteiger partial charge >= 0.3 is 0 Å². The van der Waals surface area contributed by atoms with Gasteiger partial charge in [-0.1, -0.05) is 30.3 Å². The summed E-state index contributed by atoms with van der Waals surface area (Å²) in [5.74, 6) is 0.853. The molecule has 0 radical (unpaired) electrons. The predicted octanol–water partition coefficient (Wildman–Crippen LogP) is 5.00. The van der Waals surface area contributed by atoms with Crippen LogP contribution in [0.1, 0.15) is 35.7 Å². The SMILES string of the molecule is C1=NCCc2c1c(-c1ccc(OCc3ccccc3)c3ccncc13)nn2C1CCOCC1. The highest BCUT2D eigenvalue weighted by molar-refractivity contribution is 6.03. The number of rotatable bonds is 5. The normalized spacial score (nSPS) is 16.1. The molecule has 0 aliphatic carbocycles. The Morgan fingerprint density at radius 1 is 1.00 bits per heavy atom. The Kier molecular flexibility index (Phi) is 5.36. The van der Waals surface area contributed by atoms with E-state index in [4.69, 9.17) is 14.6 Å². The van der Waals surface area contributed by atoms with Gasteiger partial charge in [0.15, 0.2) is 0 Å². The van der Waals surface area contributed by atoms with Gasteiger partial charge in [0.05, 0.1) is 6.04 Å². The van der Waals surface area contributed by atoms with E-state index in [2.05, 4.69) is 38.9 Å². The van der Waals surface area contributed by atoms with E-state index >= 15 is 0 Å². The summed E-state index contributed by atoms with van der Waals surface area (Å²) in [6.45, 7) is 2.93. The fraction of sp³-hybridized carbons (Fsp3) is 0.296. The Morgan fingerprint density at radius 3 is 2.76 bits per heavy atom. The van der Waals surface area contributed by atoms with E-state index in [9.17, 15) is 0 Å². The van der Waals surface area contributed by atoms with Crippen molar-refractivity contribution in [3.05, 3.63) is 77.7 Å². The van der Waals surface area contributed by atoms with Crippen molar-refractivity contribution in [3.63, 3.8) is 0 Å². The maximum absolute atomic E-state index is 6.22. The van der Waals surface area contributed by atoms with Crippen LogP contribution in [0.3, 0.4) is 0 Å². The molecule has 0 spiro atoms. The Morgan fingerprint density at radius 2 is 1.88 bits per heavy atom. The molecule has 4 heterocycles. The van der Waals surface area contributed by atoms with Crippen molar-refractivity contribution in [2.75, 3.05) is 19.8 Å². The first-order valence-electron chi connectivity index (χ1n) is 11.6. The van der Waals surface area contributed by atoms with Crippen molar-refractivity contribution >= 4 is 17.0 Å². The number of nitrogens with zero attached hydrogens (tertiary/aromatic N) is 4. The van der Waals surface area contributed by atoms with Gasteiger partial charge in [-0.2, -0.15) is 5.10 Å². The highest BCUT2D eigenvalue weighted by Crippen LogP contribution is 2.37. The molecule has 0 N–H and O–H groups in total.